The van der Waals surface area contributed by atoms with Crippen LogP contribution in [0.15, 0.2) is 275 Å². The summed E-state index contributed by atoms with van der Waals surface area (Å²) >= 11 is 41.0. The van der Waals surface area contributed by atoms with Crippen molar-refractivity contribution < 1.29 is 153 Å². The summed E-state index contributed by atoms with van der Waals surface area (Å²) < 4.78 is 115. The Balaban J connectivity index is 0.00000125. The maximum absolute atomic E-state index is 12.6. The number of carbonyl (C=O) groups excluding carboxylic acids is 3. The summed E-state index contributed by atoms with van der Waals surface area (Å²) in [6.07, 6.45) is -11.2. The summed E-state index contributed by atoms with van der Waals surface area (Å²) in [5.74, 6) is -6.33. The fraction of sp³-hybridized carbons (Fsp3) is 0.0822. The van der Waals surface area contributed by atoms with Crippen molar-refractivity contribution in [2.24, 2.45) is 0 Å². The van der Waals surface area contributed by atoms with Gasteiger partial charge in [-0.05, 0) is 181 Å². The Labute approximate surface area is 779 Å². The second-order valence-corrected chi connectivity index (χ2v) is 32.7. The van der Waals surface area contributed by atoms with Crippen LogP contribution >= 0.6 is 202 Å². The van der Waals surface area contributed by atoms with Gasteiger partial charge in [0, 0.05) is 101 Å². The van der Waals surface area contributed by atoms with Crippen molar-refractivity contribution in [3.05, 3.63) is 295 Å². The largest absolute Gasteiger partial charge is 1.00 e. The zero-order chi connectivity index (χ0) is 79.0. The van der Waals surface area contributed by atoms with E-state index in [1.807, 2.05) is 177 Å². The molecule has 0 atom stereocenters. The van der Waals surface area contributed by atoms with Gasteiger partial charge in [-0.1, -0.05) is 194 Å². The second-order valence-electron chi connectivity index (χ2n) is 19.6. The monoisotopic (exact) mass is 2180 g/mol. The Hall–Kier alpha value is -3.06. The third kappa shape index (κ3) is 35.4. The van der Waals surface area contributed by atoms with Crippen LogP contribution in [0.1, 0.15) is 15.3 Å². The van der Waals surface area contributed by atoms with Gasteiger partial charge in [-0.2, -0.15) is 26.3 Å². The molecule has 0 saturated heterocycles. The maximum Gasteiger partial charge on any atom is 1.00 e. The molecule has 0 aliphatic heterocycles. The summed E-state index contributed by atoms with van der Waals surface area (Å²) in [5.41, 5.74) is 2.14. The van der Waals surface area contributed by atoms with Gasteiger partial charge in [-0.25, -0.2) is 23.7 Å². The zero-order valence-corrected chi connectivity index (χ0v) is 79.3. The molecule has 108 heavy (non-hydrogen) atoms. The quantitative estimate of drug-likeness (QED) is 0.0238. The van der Waals surface area contributed by atoms with Crippen LogP contribution in [-0.4, -0.2) is 55.1 Å². The minimum Gasteiger partial charge on any atom is -1.00 e. The van der Waals surface area contributed by atoms with E-state index < -0.39 is 37.3 Å². The SMILES string of the molecule is CCO.Cc1ccc2c(=O)c3ccc(Br)cc3sc2c1.O=C(OC(=O)C(F)(F)F)C(F)(F)F.O=COc1ccc(Br)cc1Sc1cccc(Br)c1.O=c1c2ccc(Br)cc2sc2cccc(Br)c12.Sc1cccc(Br)c1.[2H]CF.[C-]#[N+]c1ccc(Br)cc1F.[C-]#[N+]c1ccc(Br)cc1Sc1cccc(Br)c1.[H-].[K+].[Na+].[OH-]. The van der Waals surface area contributed by atoms with E-state index in [0.29, 0.717) is 22.4 Å². The standard InChI is InChI=1S/C14H9BrOS.C13H7Br2NS.C13H8Br2O2S.C13H6Br2OS.C7H3BrFN.C6H5BrS.C4F6O3.C2H6O.CH3F.K.Na.H2O.H/c1-8-2-4-10-12(6-8)17-13-7-9(15)3-5-11(13)14(10)16;1-16-12-6-5-10(15)8-13(12)17-11-4-2-3-9(14)7-11;14-9-2-1-3-11(6-9)18-13-7-10(15)4-5-12(13)17-8-16;14-7-4-5-8-11(6-7)17-10-3-1-2-9(15)12(10)13(8)16;1-10-7-3-2-5(8)4-6(7)9;7-5-2-1-3-6(8)4-5;5-3(6,7)1(11)13-2(12)4(8,9)10;1-2-3;1-2;;;;/h2-7H,1H3;2-8H;1-8H;1-6H;2-4H;1-4,8H;;3H,2H2,1H3;1H3;;;1H2;/q;;;;;;;;;2*+1;;-1/p-1/i;;;;;;;;1D;;;;. The van der Waals surface area contributed by atoms with E-state index in [1.165, 1.54) is 29.5 Å². The van der Waals surface area contributed by atoms with Crippen molar-refractivity contribution in [2.45, 2.75) is 50.7 Å². The Bertz CT molecular complexity index is 5150. The molecule has 2 N–H and O–H groups in total. The summed E-state index contributed by atoms with van der Waals surface area (Å²) in [6.45, 7) is 18.1. The molecule has 35 heteroatoms. The van der Waals surface area contributed by atoms with Crippen LogP contribution in [0.5, 0.6) is 5.75 Å². The molecule has 0 aliphatic rings. The molecule has 2 aromatic heterocycles. The Morgan fingerprint density at radius 3 is 1.41 bits per heavy atom. The number of aliphatic hydroxyl groups is 1. The third-order valence-electron chi connectivity index (χ3n) is 12.1. The molecule has 556 valence electrons. The van der Waals surface area contributed by atoms with E-state index in [2.05, 4.69) is 176 Å². The van der Waals surface area contributed by atoms with Gasteiger partial charge in [-0.3, -0.25) is 18.8 Å². The first-order valence-corrected chi connectivity index (χ1v) is 39.5. The number of fused-ring (bicyclic) bond motifs is 4. The van der Waals surface area contributed by atoms with Gasteiger partial charge < -0.3 is 21.5 Å². The summed E-state index contributed by atoms with van der Waals surface area (Å²) in [4.78, 5) is 66.0. The topological polar surface area (TPSA) is 163 Å². The minimum absolute atomic E-state index is 0. The van der Waals surface area contributed by atoms with Crippen LogP contribution < -0.4 is 96.5 Å². The predicted octanol–water partition coefficient (Wildman–Crippen LogP) is 21.8. The molecule has 12 aromatic rings. The van der Waals surface area contributed by atoms with Crippen LogP contribution in [0.25, 0.3) is 50.0 Å². The number of alkyl halides is 7. The normalized spacial score (nSPS) is 10.1. The van der Waals surface area contributed by atoms with Gasteiger partial charge in [-0.15, -0.1) is 47.1 Å². The van der Waals surface area contributed by atoms with Crippen LogP contribution in [0.4, 0.5) is 46.5 Å². The van der Waals surface area contributed by atoms with E-state index in [9.17, 15) is 59.1 Å². The molecule has 0 amide bonds. The first-order valence-electron chi connectivity index (χ1n) is 29.3. The van der Waals surface area contributed by atoms with Crippen LogP contribution in [0, 0.1) is 25.9 Å². The van der Waals surface area contributed by atoms with E-state index in [1.54, 1.807) is 53.5 Å². The first-order chi connectivity index (χ1) is 50.1. The fourth-order valence-electron chi connectivity index (χ4n) is 7.70. The van der Waals surface area contributed by atoms with Crippen molar-refractivity contribution in [1.29, 1.82) is 0 Å². The summed E-state index contributed by atoms with van der Waals surface area (Å²) in [6, 6.07) is 62.7. The number of aliphatic hydroxyl groups excluding tert-OH is 1. The second kappa shape index (κ2) is 52.4. The first kappa shape index (κ1) is 101. The van der Waals surface area contributed by atoms with Gasteiger partial charge in [0.25, 0.3) is 6.47 Å². The summed E-state index contributed by atoms with van der Waals surface area (Å²) in [7, 11) is -1.00. The fourth-order valence-corrected chi connectivity index (χ4v) is 17.0. The number of ether oxygens (including phenoxy) is 2. The average Bonchev–Trinajstić information content (AvgIpc) is 0.776. The number of nitrogens with zero attached hydrogens (tertiary/aromatic N) is 2. The van der Waals surface area contributed by atoms with Crippen molar-refractivity contribution >= 4 is 272 Å². The van der Waals surface area contributed by atoms with Crippen LogP contribution in [0.2, 0.25) is 0 Å². The molecule has 0 unspecified atom stereocenters. The number of thiol groups is 1. The summed E-state index contributed by atoms with van der Waals surface area (Å²) in [5, 5.41) is 10.7. The van der Waals surface area contributed by atoms with Crippen molar-refractivity contribution in [3.63, 3.8) is 0 Å². The van der Waals surface area contributed by atoms with E-state index >= 15 is 0 Å². The van der Waals surface area contributed by atoms with Gasteiger partial charge in [0.05, 0.1) is 32.0 Å². The van der Waals surface area contributed by atoms with Gasteiger partial charge in [0.1, 0.15) is 11.6 Å². The van der Waals surface area contributed by atoms with Crippen molar-refractivity contribution in [3.8, 4) is 5.75 Å². The molecule has 0 saturated carbocycles. The molecule has 10 aromatic carbocycles. The smallest absolute Gasteiger partial charge is 1.00 e. The molecular weight excluding hydrogens is 2140 g/mol. The number of hydrogen-bond donors (Lipinski definition) is 2. The number of aryl methyl sites for hydroxylation is 1. The Morgan fingerprint density at radius 2 is 0.954 bits per heavy atom. The third-order valence-corrected chi connectivity index (χ3v) is 21.2. The molecule has 0 fully saturated rings. The Kier molecular flexibility index (Phi) is 49.0. The molecule has 12 rings (SSSR count). The van der Waals surface area contributed by atoms with Crippen LogP contribution in [-0.2, 0) is 19.1 Å². The predicted molar refractivity (Wildman–Crippen MR) is 445 cm³/mol. The average molecular weight is 2190 g/mol. The Morgan fingerprint density at radius 1 is 0.565 bits per heavy atom. The number of carbonyl (C=O) groups is 3. The molecular formula is C73H49Br9F8KN2NaO9S5. The molecule has 0 radical (unpaired) electrons. The molecule has 11 nitrogen and oxygen atoms in total. The van der Waals surface area contributed by atoms with Gasteiger partial charge in [0.15, 0.2) is 10.9 Å². The minimum atomic E-state index is -5.62. The zero-order valence-electron chi connectivity index (χ0n) is 57.7. The van der Waals surface area contributed by atoms with E-state index in [-0.39, 0.29) is 111 Å². The molecule has 0 bridgehead atoms. The van der Waals surface area contributed by atoms with Gasteiger partial charge >= 0.3 is 105 Å². The number of hydrogen-bond acceptors (Lipinski definition) is 14. The van der Waals surface area contributed by atoms with E-state index in [4.69, 9.17) is 24.4 Å². The molecule has 2 heterocycles. The van der Waals surface area contributed by atoms with E-state index in [0.717, 1.165) is 101 Å². The van der Waals surface area contributed by atoms with Gasteiger partial charge in [0.2, 0.25) is 11.4 Å². The maximum atomic E-state index is 12.6. The number of benzene rings is 10. The number of halogens is 17. The van der Waals surface area contributed by atoms with Crippen LogP contribution in [0.3, 0.4) is 0 Å². The number of esters is 2. The van der Waals surface area contributed by atoms with Crippen molar-refractivity contribution in [2.75, 3.05) is 13.8 Å². The molecule has 0 aliphatic carbocycles. The molecule has 0 spiro atoms. The number of rotatable bonds is 6. The van der Waals surface area contributed by atoms with Crippen molar-refractivity contribution in [1.82, 2.24) is 0 Å².